The zero-order valence-electron chi connectivity index (χ0n) is 19.1. The number of piperazine rings is 1. The van der Waals surface area contributed by atoms with Crippen LogP contribution in [0.2, 0.25) is 0 Å². The Bertz CT molecular complexity index is 931. The third kappa shape index (κ3) is 7.39. The Morgan fingerprint density at radius 3 is 2.24 bits per heavy atom. The van der Waals surface area contributed by atoms with E-state index in [2.05, 4.69) is 25.4 Å². The molecule has 0 radical (unpaired) electrons. The summed E-state index contributed by atoms with van der Waals surface area (Å²) in [7, 11) is 5.29. The lowest BCUT2D eigenvalue weighted by Gasteiger charge is -2.35. The zero-order chi connectivity index (χ0) is 23.1. The van der Waals surface area contributed by atoms with E-state index < -0.39 is 11.7 Å². The number of alkyl halides is 3. The fourth-order valence-corrected chi connectivity index (χ4v) is 3.69. The molecule has 0 atom stereocenters. The van der Waals surface area contributed by atoms with Gasteiger partial charge >= 0.3 is 6.18 Å². The maximum Gasteiger partial charge on any atom is 0.416 e. The summed E-state index contributed by atoms with van der Waals surface area (Å²) in [6.45, 7) is 3.98. The molecule has 1 fully saturated rings. The summed E-state index contributed by atoms with van der Waals surface area (Å²) in [5.41, 5.74) is 1.71. The van der Waals surface area contributed by atoms with Gasteiger partial charge in [0.25, 0.3) is 0 Å². The molecule has 2 aromatic rings. The fraction of sp³-hybridized carbons (Fsp3) is 0.435. The van der Waals surface area contributed by atoms with Crippen LogP contribution in [0.25, 0.3) is 0 Å². The highest BCUT2D eigenvalue weighted by Gasteiger charge is 2.31. The Morgan fingerprint density at radius 1 is 1.00 bits per heavy atom. The van der Waals surface area contributed by atoms with E-state index in [0.717, 1.165) is 49.2 Å². The normalized spacial score (nSPS) is 15.1. The molecule has 10 heteroatoms. The SMILES string of the molecule is CN=C(NCc1ccccc1OC)NCc1cc(C(F)(F)F)ccc1N1CCN(C)CC1.I. The Balaban J connectivity index is 0.00000385. The third-order valence-corrected chi connectivity index (χ3v) is 5.56. The molecule has 1 heterocycles. The number of ether oxygens (including phenoxy) is 1. The molecule has 182 valence electrons. The zero-order valence-corrected chi connectivity index (χ0v) is 21.4. The Kier molecular flexibility index (Phi) is 10.1. The van der Waals surface area contributed by atoms with E-state index in [0.29, 0.717) is 18.1 Å². The minimum atomic E-state index is -4.39. The molecule has 6 nitrogen and oxygen atoms in total. The van der Waals surface area contributed by atoms with E-state index in [1.165, 1.54) is 6.07 Å². The van der Waals surface area contributed by atoms with Gasteiger partial charge in [-0.25, -0.2) is 0 Å². The van der Waals surface area contributed by atoms with E-state index in [1.54, 1.807) is 20.2 Å². The number of nitrogens with zero attached hydrogens (tertiary/aromatic N) is 3. The van der Waals surface area contributed by atoms with Gasteiger partial charge in [0, 0.05) is 57.6 Å². The van der Waals surface area contributed by atoms with Crippen molar-refractivity contribution in [2.24, 2.45) is 4.99 Å². The van der Waals surface area contributed by atoms with Crippen LogP contribution in [0, 0.1) is 0 Å². The number of likely N-dealkylation sites (N-methyl/N-ethyl adjacent to an activating group) is 1. The van der Waals surface area contributed by atoms with Crippen LogP contribution in [0.15, 0.2) is 47.5 Å². The predicted molar refractivity (Wildman–Crippen MR) is 137 cm³/mol. The van der Waals surface area contributed by atoms with Crippen molar-refractivity contribution in [1.29, 1.82) is 0 Å². The van der Waals surface area contributed by atoms with E-state index >= 15 is 0 Å². The number of nitrogens with one attached hydrogen (secondary N) is 2. The van der Waals surface area contributed by atoms with Crippen LogP contribution in [0.1, 0.15) is 16.7 Å². The monoisotopic (exact) mass is 577 g/mol. The second-order valence-corrected chi connectivity index (χ2v) is 7.72. The molecule has 1 saturated heterocycles. The summed E-state index contributed by atoms with van der Waals surface area (Å²) in [5, 5.41) is 6.35. The number of hydrogen-bond donors (Lipinski definition) is 2. The van der Waals surface area contributed by atoms with Gasteiger partial charge in [-0.2, -0.15) is 13.2 Å². The molecule has 0 bridgehead atoms. The van der Waals surface area contributed by atoms with Crippen molar-refractivity contribution >= 4 is 35.6 Å². The Morgan fingerprint density at radius 2 is 1.64 bits per heavy atom. The quantitative estimate of drug-likeness (QED) is 0.310. The van der Waals surface area contributed by atoms with Gasteiger partial charge in [-0.1, -0.05) is 18.2 Å². The predicted octanol–water partition coefficient (Wildman–Crippen LogP) is 3.95. The van der Waals surface area contributed by atoms with Crippen molar-refractivity contribution in [2.75, 3.05) is 52.3 Å². The molecule has 0 aromatic heterocycles. The van der Waals surface area contributed by atoms with Gasteiger partial charge in [-0.15, -0.1) is 24.0 Å². The van der Waals surface area contributed by atoms with Crippen LogP contribution in [0.3, 0.4) is 0 Å². The van der Waals surface area contributed by atoms with Crippen LogP contribution >= 0.6 is 24.0 Å². The lowest BCUT2D eigenvalue weighted by Crippen LogP contribution is -2.45. The van der Waals surface area contributed by atoms with Crippen molar-refractivity contribution in [1.82, 2.24) is 15.5 Å². The summed E-state index contributed by atoms with van der Waals surface area (Å²) in [5.74, 6) is 1.25. The first kappa shape index (κ1) is 27.0. The average Bonchev–Trinajstić information content (AvgIpc) is 2.79. The minimum absolute atomic E-state index is 0. The standard InChI is InChI=1S/C23H30F3N5O.HI/c1-27-22(28-15-17-6-4-5-7-21(17)32-3)29-16-18-14-19(23(24,25)26)8-9-20(18)31-12-10-30(2)11-13-31;/h4-9,14H,10-13,15-16H2,1-3H3,(H2,27,28,29);1H. The maximum absolute atomic E-state index is 13.3. The number of aliphatic imine (C=N–C) groups is 1. The molecule has 0 spiro atoms. The molecule has 2 N–H and O–H groups in total. The molecular weight excluding hydrogens is 546 g/mol. The summed E-state index contributed by atoms with van der Waals surface area (Å²) in [4.78, 5) is 8.56. The number of para-hydroxylation sites is 1. The average molecular weight is 577 g/mol. The van der Waals surface area contributed by atoms with Crippen LogP contribution in [0.4, 0.5) is 18.9 Å². The Labute approximate surface area is 210 Å². The van der Waals surface area contributed by atoms with Gasteiger partial charge in [-0.3, -0.25) is 4.99 Å². The number of methoxy groups -OCH3 is 1. The van der Waals surface area contributed by atoms with Gasteiger partial charge in [0.2, 0.25) is 0 Å². The first-order chi connectivity index (χ1) is 15.3. The topological polar surface area (TPSA) is 52.1 Å². The highest BCUT2D eigenvalue weighted by atomic mass is 127. The largest absolute Gasteiger partial charge is 0.496 e. The van der Waals surface area contributed by atoms with E-state index in [4.69, 9.17) is 4.74 Å². The lowest BCUT2D eigenvalue weighted by molar-refractivity contribution is -0.137. The first-order valence-corrected chi connectivity index (χ1v) is 10.5. The third-order valence-electron chi connectivity index (χ3n) is 5.56. The van der Waals surface area contributed by atoms with Gasteiger partial charge < -0.3 is 25.2 Å². The maximum atomic E-state index is 13.3. The molecule has 3 rings (SSSR count). The van der Waals surface area contributed by atoms with Gasteiger partial charge in [0.15, 0.2) is 5.96 Å². The van der Waals surface area contributed by atoms with Crippen LogP contribution in [-0.4, -0.2) is 58.2 Å². The fourth-order valence-electron chi connectivity index (χ4n) is 3.69. The molecule has 33 heavy (non-hydrogen) atoms. The molecule has 1 aliphatic heterocycles. The summed E-state index contributed by atoms with van der Waals surface area (Å²) < 4.78 is 45.4. The minimum Gasteiger partial charge on any atom is -0.496 e. The molecule has 0 amide bonds. The molecule has 2 aromatic carbocycles. The number of rotatable bonds is 6. The van der Waals surface area contributed by atoms with E-state index in [1.807, 2.05) is 31.3 Å². The molecule has 0 saturated carbocycles. The number of anilines is 1. The van der Waals surface area contributed by atoms with Crippen molar-refractivity contribution in [3.8, 4) is 5.75 Å². The second-order valence-electron chi connectivity index (χ2n) is 7.72. The number of hydrogen-bond acceptors (Lipinski definition) is 4. The number of halogens is 4. The molecular formula is C23H31F3IN5O. The van der Waals surface area contributed by atoms with Gasteiger partial charge in [0.05, 0.1) is 12.7 Å². The van der Waals surface area contributed by atoms with Crippen molar-refractivity contribution in [2.45, 2.75) is 19.3 Å². The number of benzene rings is 2. The molecule has 0 aliphatic carbocycles. The highest BCUT2D eigenvalue weighted by Crippen LogP contribution is 2.33. The molecule has 0 unspecified atom stereocenters. The van der Waals surface area contributed by atoms with Crippen molar-refractivity contribution < 1.29 is 17.9 Å². The van der Waals surface area contributed by atoms with Crippen LogP contribution in [-0.2, 0) is 19.3 Å². The summed E-state index contributed by atoms with van der Waals surface area (Å²) in [6, 6.07) is 11.6. The second kappa shape index (κ2) is 12.3. The van der Waals surface area contributed by atoms with Crippen molar-refractivity contribution in [3.05, 3.63) is 59.2 Å². The van der Waals surface area contributed by atoms with Crippen LogP contribution < -0.4 is 20.3 Å². The van der Waals surface area contributed by atoms with Gasteiger partial charge in [-0.05, 0) is 36.9 Å². The summed E-state index contributed by atoms with van der Waals surface area (Å²) in [6.07, 6.45) is -4.39. The lowest BCUT2D eigenvalue weighted by atomic mass is 10.1. The highest BCUT2D eigenvalue weighted by molar-refractivity contribution is 14.0. The smallest absolute Gasteiger partial charge is 0.416 e. The summed E-state index contributed by atoms with van der Waals surface area (Å²) >= 11 is 0. The number of guanidine groups is 1. The van der Waals surface area contributed by atoms with Crippen molar-refractivity contribution in [3.63, 3.8) is 0 Å². The van der Waals surface area contributed by atoms with Gasteiger partial charge in [0.1, 0.15) is 5.75 Å². The van der Waals surface area contributed by atoms with Crippen LogP contribution in [0.5, 0.6) is 5.75 Å². The van der Waals surface area contributed by atoms with E-state index in [9.17, 15) is 13.2 Å². The first-order valence-electron chi connectivity index (χ1n) is 10.5. The molecule has 1 aliphatic rings. The Hall–Kier alpha value is -2.21. The van der Waals surface area contributed by atoms with E-state index in [-0.39, 0.29) is 30.5 Å².